The van der Waals surface area contributed by atoms with Crippen LogP contribution in [0.5, 0.6) is 0 Å². The largest absolute Gasteiger partial charge is 0.391 e. The molecule has 0 spiro atoms. The molecule has 1 fully saturated rings. The number of aliphatic hydroxyl groups is 2. The van der Waals surface area contributed by atoms with Crippen molar-refractivity contribution in [2.75, 3.05) is 39.3 Å². The molecule has 0 aromatic carbocycles. The molecule has 470 valence electrons. The summed E-state index contributed by atoms with van der Waals surface area (Å²) >= 11 is 0. The van der Waals surface area contributed by atoms with Crippen molar-refractivity contribution in [2.24, 2.45) is 46.4 Å². The van der Waals surface area contributed by atoms with Crippen LogP contribution in [-0.4, -0.2) is 187 Å². The Balaban J connectivity index is 3.81. The summed E-state index contributed by atoms with van der Waals surface area (Å²) < 4.78 is 0. The fraction of sp³-hybridized carbons (Fsp3) is 0.792. The average molecular weight is 1170 g/mol. The first-order valence-corrected chi connectivity index (χ1v) is 28.8. The van der Waals surface area contributed by atoms with Gasteiger partial charge in [-0.1, -0.05) is 60.8 Å². The molecular formula is C53H100N16O13. The van der Waals surface area contributed by atoms with Gasteiger partial charge in [0.1, 0.15) is 60.4 Å². The summed E-state index contributed by atoms with van der Waals surface area (Å²) in [5, 5.41) is 49.5. The number of hydrogen-bond acceptors (Lipinski definition) is 18. The Kier molecular flexibility index (Phi) is 35.5. The summed E-state index contributed by atoms with van der Waals surface area (Å²) in [7, 11) is 0. The maximum atomic E-state index is 14.4. The van der Waals surface area contributed by atoms with Crippen LogP contribution in [0.25, 0.3) is 0 Å². The summed E-state index contributed by atoms with van der Waals surface area (Å²) in [6, 6.07) is -14.5. The van der Waals surface area contributed by atoms with Gasteiger partial charge in [-0.05, 0) is 122 Å². The van der Waals surface area contributed by atoms with E-state index in [9.17, 15) is 63.0 Å². The van der Waals surface area contributed by atoms with Gasteiger partial charge in [-0.2, -0.15) is 0 Å². The highest BCUT2D eigenvalue weighted by atomic mass is 16.3. The topological polar surface area (TPSA) is 491 Å². The lowest BCUT2D eigenvalue weighted by Crippen LogP contribution is -2.62. The van der Waals surface area contributed by atoms with Crippen LogP contribution in [0.3, 0.4) is 0 Å². The first kappa shape index (κ1) is 73.9. The van der Waals surface area contributed by atoms with E-state index in [1.54, 1.807) is 27.7 Å². The molecule has 4 unspecified atom stereocenters. The normalized spacial score (nSPS) is 23.4. The Morgan fingerprint density at radius 2 is 0.963 bits per heavy atom. The molecule has 29 nitrogen and oxygen atoms in total. The number of hydrogen-bond donors (Lipinski definition) is 18. The van der Waals surface area contributed by atoms with Gasteiger partial charge in [-0.25, -0.2) is 0 Å². The van der Waals surface area contributed by atoms with Crippen LogP contribution in [0.2, 0.25) is 0 Å². The van der Waals surface area contributed by atoms with E-state index in [1.165, 1.54) is 13.8 Å². The molecule has 23 N–H and O–H groups in total. The van der Waals surface area contributed by atoms with Gasteiger partial charge < -0.3 is 97.4 Å². The lowest BCUT2D eigenvalue weighted by molar-refractivity contribution is -0.137. The molecule has 13 atom stereocenters. The van der Waals surface area contributed by atoms with Crippen LogP contribution in [0.15, 0.2) is 0 Å². The van der Waals surface area contributed by atoms with Crippen LogP contribution < -0.4 is 87.2 Å². The Morgan fingerprint density at radius 1 is 0.524 bits per heavy atom. The molecule has 29 heteroatoms. The molecule has 0 saturated carbocycles. The number of amides is 11. The van der Waals surface area contributed by atoms with Crippen molar-refractivity contribution in [1.29, 1.82) is 0 Å². The minimum absolute atomic E-state index is 0.0131. The van der Waals surface area contributed by atoms with Crippen molar-refractivity contribution in [3.05, 3.63) is 0 Å². The van der Waals surface area contributed by atoms with Crippen molar-refractivity contribution in [2.45, 2.75) is 211 Å². The molecule has 0 radical (unpaired) electrons. The monoisotopic (exact) mass is 1170 g/mol. The zero-order valence-electron chi connectivity index (χ0n) is 49.4. The van der Waals surface area contributed by atoms with Gasteiger partial charge in [0.25, 0.3) is 0 Å². The van der Waals surface area contributed by atoms with E-state index in [0.29, 0.717) is 12.3 Å². The van der Waals surface area contributed by atoms with Gasteiger partial charge in [0, 0.05) is 13.0 Å². The zero-order chi connectivity index (χ0) is 62.2. The molecule has 0 aliphatic carbocycles. The lowest BCUT2D eigenvalue weighted by Gasteiger charge is -2.29. The Bertz CT molecular complexity index is 2070. The fourth-order valence-corrected chi connectivity index (χ4v) is 8.76. The Hall–Kier alpha value is -6.11. The van der Waals surface area contributed by atoms with Crippen LogP contribution >= 0.6 is 0 Å². The third-order valence-corrected chi connectivity index (χ3v) is 13.7. The molecular weight excluding hydrogens is 1070 g/mol. The predicted octanol–water partition coefficient (Wildman–Crippen LogP) is -5.44. The van der Waals surface area contributed by atoms with Gasteiger partial charge in [-0.3, -0.25) is 52.7 Å². The van der Waals surface area contributed by atoms with Crippen molar-refractivity contribution in [3.63, 3.8) is 0 Å². The van der Waals surface area contributed by atoms with Gasteiger partial charge in [0.15, 0.2) is 0 Å². The molecule has 1 heterocycles. The van der Waals surface area contributed by atoms with Crippen molar-refractivity contribution < 1.29 is 63.0 Å². The number of carbonyl (C=O) groups is 11. The minimum Gasteiger partial charge on any atom is -0.391 e. The maximum absolute atomic E-state index is 14.4. The minimum atomic E-state index is -1.69. The van der Waals surface area contributed by atoms with Gasteiger partial charge in [-0.15, -0.1) is 0 Å². The fourth-order valence-electron chi connectivity index (χ4n) is 8.76. The average Bonchev–Trinajstić information content (AvgIpc) is 3.41. The molecule has 0 aromatic rings. The summed E-state index contributed by atoms with van der Waals surface area (Å²) in [4.78, 5) is 153. The number of nitrogens with two attached hydrogens (primary N) is 5. The second-order valence-corrected chi connectivity index (χ2v) is 22.0. The number of carbonyl (C=O) groups excluding carboxylic acids is 11. The van der Waals surface area contributed by atoms with E-state index in [-0.39, 0.29) is 95.9 Å². The summed E-state index contributed by atoms with van der Waals surface area (Å²) in [6.07, 6.45) is -0.760. The highest BCUT2D eigenvalue weighted by molar-refractivity contribution is 5.99. The van der Waals surface area contributed by atoms with Crippen LogP contribution in [0.1, 0.15) is 139 Å². The molecule has 1 aliphatic heterocycles. The molecule has 1 saturated heterocycles. The highest BCUT2D eigenvalue weighted by Crippen LogP contribution is 2.14. The van der Waals surface area contributed by atoms with Crippen molar-refractivity contribution >= 4 is 65.0 Å². The first-order chi connectivity index (χ1) is 38.7. The van der Waals surface area contributed by atoms with Crippen molar-refractivity contribution in [1.82, 2.24) is 58.5 Å². The molecule has 82 heavy (non-hydrogen) atoms. The third kappa shape index (κ3) is 27.3. The zero-order valence-corrected chi connectivity index (χ0v) is 49.4. The van der Waals surface area contributed by atoms with Gasteiger partial charge in [0.2, 0.25) is 65.0 Å². The van der Waals surface area contributed by atoms with Crippen LogP contribution in [-0.2, 0) is 52.7 Å². The molecule has 1 rings (SSSR count). The van der Waals surface area contributed by atoms with E-state index in [0.717, 1.165) is 19.3 Å². The Morgan fingerprint density at radius 3 is 1.39 bits per heavy atom. The second kappa shape index (κ2) is 39.4. The third-order valence-electron chi connectivity index (χ3n) is 13.7. The molecule has 0 aromatic heterocycles. The summed E-state index contributed by atoms with van der Waals surface area (Å²) in [6.45, 7) is 12.6. The number of nitrogens with one attached hydrogen (secondary N) is 11. The molecule has 1 aliphatic rings. The summed E-state index contributed by atoms with van der Waals surface area (Å²) in [5.41, 5.74) is 29.2. The SMILES string of the molecule is CCC(C)CCCCC(=O)N[C@@H](CCN)C(=O)N[C@H](C(=O)N[C@@H](CCN)C(=O)NC1CCNC(=O)C([C@@H](C)O)NC(=O)[C@H](CCN)NC(=O)[C@@H](CCN)NC(=O)[C@H](CC(C)C)NC(=O)[C@@H](CC(C)C)NC(=O)C(CCN)NC1=O)[C@@H](C)O. The van der Waals surface area contributed by atoms with E-state index >= 15 is 0 Å². The van der Waals surface area contributed by atoms with E-state index in [1.807, 2.05) is 0 Å². The van der Waals surface area contributed by atoms with Crippen molar-refractivity contribution in [3.8, 4) is 0 Å². The quantitative estimate of drug-likeness (QED) is 0.0311. The standard InChI is InChI=1S/C53H100N16O13/c1-9-30(6)12-10-11-13-41(72)60-33(14-20-54)48(77)69-43(32(8)71)53(82)65-36(17-23-57)45(74)64-38-19-25-59-52(81)42(31(7)70)68-49(78)37(18-24-58)62-44(73)34(15-21-55)63-50(79)39(26-28(2)3)67-51(80)40(27-29(4)5)66-46(75)35(16-22-56)61-47(38)76/h28-40,42-43,70-71H,9-27,54-58H2,1-8H3,(H,59,81)(H,60,72)(H,61,76)(H,62,73)(H,63,79)(H,64,74)(H,65,82)(H,66,75)(H,67,80)(H,68,78)(H,69,77)/t30?,31-,32-,33+,34-,35?,36+,37+,38?,39+,40-,42?,43+/m1/s1. The molecule has 11 amide bonds. The van der Waals surface area contributed by atoms with E-state index in [2.05, 4.69) is 72.3 Å². The van der Waals surface area contributed by atoms with E-state index in [4.69, 9.17) is 28.7 Å². The first-order valence-electron chi connectivity index (χ1n) is 28.8. The summed E-state index contributed by atoms with van der Waals surface area (Å²) in [5.74, 6) is -9.49. The maximum Gasteiger partial charge on any atom is 0.245 e. The molecule has 0 bridgehead atoms. The second-order valence-electron chi connectivity index (χ2n) is 22.0. The Labute approximate surface area is 482 Å². The smallest absolute Gasteiger partial charge is 0.245 e. The lowest BCUT2D eigenvalue weighted by atomic mass is 9.99. The highest BCUT2D eigenvalue weighted by Gasteiger charge is 2.37. The van der Waals surface area contributed by atoms with Gasteiger partial charge in [0.05, 0.1) is 12.2 Å². The van der Waals surface area contributed by atoms with Crippen LogP contribution in [0.4, 0.5) is 0 Å². The van der Waals surface area contributed by atoms with Gasteiger partial charge >= 0.3 is 0 Å². The van der Waals surface area contributed by atoms with Crippen LogP contribution in [0, 0.1) is 17.8 Å². The number of aliphatic hydroxyl groups excluding tert-OH is 2. The number of rotatable bonds is 29. The van der Waals surface area contributed by atoms with E-state index < -0.39 is 151 Å². The predicted molar refractivity (Wildman–Crippen MR) is 305 cm³/mol. The number of unbranched alkanes of at least 4 members (excludes halogenated alkanes) is 1.